The monoisotopic (exact) mass is 609 g/mol. The molecule has 0 saturated carbocycles. The van der Waals surface area contributed by atoms with Crippen molar-refractivity contribution in [3.8, 4) is 5.75 Å². The third-order valence-electron chi connectivity index (χ3n) is 8.71. The molecule has 2 aliphatic rings. The number of methoxy groups -OCH3 is 1. The standard InChI is InChI=1S/C33H40FN3O5S/c1-6-42-31(38)17-26(22-14-27(35)33(36-4)29(15-22)41-5)24-10-7-20(3)32-25(24)11-12-28(32)37-18-19(2)13-21-8-9-23(34)16-30(21)43(37,39)40/h7-10,14-16,19,26,28,36H,6,11-13,17-18,35H2,1-5H3/t19-,26?,28+/m0/s1. The average molecular weight is 610 g/mol. The molecule has 3 aromatic carbocycles. The van der Waals surface area contributed by atoms with E-state index in [4.69, 9.17) is 15.2 Å². The zero-order valence-corrected chi connectivity index (χ0v) is 26.2. The highest BCUT2D eigenvalue weighted by Gasteiger charge is 2.42. The van der Waals surface area contributed by atoms with Crippen molar-refractivity contribution in [2.24, 2.45) is 5.92 Å². The third kappa shape index (κ3) is 5.70. The number of halogens is 1. The van der Waals surface area contributed by atoms with E-state index in [0.717, 1.165) is 33.9 Å². The summed E-state index contributed by atoms with van der Waals surface area (Å²) in [6, 6.07) is 11.4. The van der Waals surface area contributed by atoms with Gasteiger partial charge in [-0.05, 0) is 96.7 Å². The van der Waals surface area contributed by atoms with Gasteiger partial charge < -0.3 is 20.5 Å². The number of carbonyl (C=O) groups excluding carboxylic acids is 1. The van der Waals surface area contributed by atoms with Gasteiger partial charge in [0.25, 0.3) is 0 Å². The van der Waals surface area contributed by atoms with Crippen LogP contribution in [0.15, 0.2) is 47.4 Å². The molecule has 43 heavy (non-hydrogen) atoms. The minimum absolute atomic E-state index is 0.0477. The highest BCUT2D eigenvalue weighted by molar-refractivity contribution is 7.89. The Balaban J connectivity index is 1.64. The van der Waals surface area contributed by atoms with Crippen molar-refractivity contribution in [3.05, 3.63) is 81.7 Å². The molecule has 1 aliphatic heterocycles. The van der Waals surface area contributed by atoms with Gasteiger partial charge in [-0.25, -0.2) is 12.8 Å². The molecule has 1 heterocycles. The molecule has 230 valence electrons. The summed E-state index contributed by atoms with van der Waals surface area (Å²) in [5.74, 6) is -0.698. The number of anilines is 2. The van der Waals surface area contributed by atoms with Crippen LogP contribution in [0.4, 0.5) is 15.8 Å². The fourth-order valence-corrected chi connectivity index (χ4v) is 8.86. The van der Waals surface area contributed by atoms with Gasteiger partial charge >= 0.3 is 5.97 Å². The largest absolute Gasteiger partial charge is 0.494 e. The molecular weight excluding hydrogens is 569 g/mol. The number of carbonyl (C=O) groups is 1. The summed E-state index contributed by atoms with van der Waals surface area (Å²) >= 11 is 0. The SMILES string of the molecule is CCOC(=O)CC(c1cc(N)c(NC)c(OC)c1)c1ccc(C)c2c1CC[C@H]2N1C[C@@H](C)Cc2ccc(F)cc2S1(=O)=O. The summed E-state index contributed by atoms with van der Waals surface area (Å²) in [4.78, 5) is 13.0. The number of nitrogen functional groups attached to an aromatic ring is 1. The van der Waals surface area contributed by atoms with Crippen molar-refractivity contribution in [2.75, 3.05) is 38.4 Å². The minimum atomic E-state index is -3.97. The van der Waals surface area contributed by atoms with Gasteiger partial charge in [0, 0.05) is 19.5 Å². The van der Waals surface area contributed by atoms with Crippen molar-refractivity contribution in [1.82, 2.24) is 4.31 Å². The Morgan fingerprint density at radius 2 is 1.98 bits per heavy atom. The highest BCUT2D eigenvalue weighted by atomic mass is 32.2. The number of esters is 1. The molecular formula is C33H40FN3O5S. The van der Waals surface area contributed by atoms with Gasteiger partial charge in [-0.2, -0.15) is 4.31 Å². The number of nitrogens with one attached hydrogen (secondary N) is 1. The summed E-state index contributed by atoms with van der Waals surface area (Å²) in [6.07, 6.45) is 1.85. The van der Waals surface area contributed by atoms with Crippen LogP contribution in [0.3, 0.4) is 0 Å². The Kier molecular flexibility index (Phi) is 8.72. The first kappa shape index (κ1) is 30.8. The van der Waals surface area contributed by atoms with Gasteiger partial charge in [0.2, 0.25) is 10.0 Å². The molecule has 0 amide bonds. The van der Waals surface area contributed by atoms with Crippen LogP contribution in [0.2, 0.25) is 0 Å². The Labute approximate surface area is 253 Å². The summed E-state index contributed by atoms with van der Waals surface area (Å²) < 4.78 is 55.1. The molecule has 1 unspecified atom stereocenters. The number of hydrogen-bond acceptors (Lipinski definition) is 7. The Bertz CT molecular complexity index is 1660. The molecule has 0 bridgehead atoms. The second-order valence-corrected chi connectivity index (χ2v) is 13.4. The summed E-state index contributed by atoms with van der Waals surface area (Å²) in [5, 5.41) is 3.07. The van der Waals surface area contributed by atoms with E-state index in [1.165, 1.54) is 6.07 Å². The molecule has 1 aliphatic carbocycles. The van der Waals surface area contributed by atoms with Gasteiger partial charge in [-0.3, -0.25) is 4.79 Å². The Hall–Kier alpha value is -3.63. The second kappa shape index (κ2) is 12.2. The number of nitrogens with two attached hydrogens (primary N) is 1. The number of aryl methyl sites for hydroxylation is 1. The Morgan fingerprint density at radius 1 is 1.21 bits per heavy atom. The minimum Gasteiger partial charge on any atom is -0.494 e. The number of sulfonamides is 1. The molecule has 0 fully saturated rings. The normalized spacial score (nSPS) is 20.0. The van der Waals surface area contributed by atoms with E-state index in [-0.39, 0.29) is 29.8 Å². The number of benzene rings is 3. The summed E-state index contributed by atoms with van der Waals surface area (Å²) in [5.41, 5.74) is 12.9. The first-order valence-corrected chi connectivity index (χ1v) is 16.2. The van der Waals surface area contributed by atoms with Crippen LogP contribution in [-0.2, 0) is 32.4 Å². The van der Waals surface area contributed by atoms with Crippen LogP contribution in [0.1, 0.15) is 72.0 Å². The summed E-state index contributed by atoms with van der Waals surface area (Å²) in [7, 11) is -0.637. The molecule has 10 heteroatoms. The zero-order valence-electron chi connectivity index (χ0n) is 25.4. The molecule has 0 radical (unpaired) electrons. The van der Waals surface area contributed by atoms with E-state index in [2.05, 4.69) is 5.32 Å². The number of ether oxygens (including phenoxy) is 2. The van der Waals surface area contributed by atoms with Gasteiger partial charge in [-0.15, -0.1) is 0 Å². The fourth-order valence-electron chi connectivity index (χ4n) is 6.87. The van der Waals surface area contributed by atoms with Crippen molar-refractivity contribution in [3.63, 3.8) is 0 Å². The molecule has 3 N–H and O–H groups in total. The predicted molar refractivity (Wildman–Crippen MR) is 165 cm³/mol. The van der Waals surface area contributed by atoms with Gasteiger partial charge in [-0.1, -0.05) is 25.1 Å². The van der Waals surface area contributed by atoms with Crippen LogP contribution < -0.4 is 15.8 Å². The smallest absolute Gasteiger partial charge is 0.306 e. The van der Waals surface area contributed by atoms with Crippen LogP contribution in [-0.4, -0.2) is 46.0 Å². The molecule has 5 rings (SSSR count). The lowest BCUT2D eigenvalue weighted by Crippen LogP contribution is -2.36. The molecule has 0 spiro atoms. The maximum Gasteiger partial charge on any atom is 0.306 e. The molecule has 3 aromatic rings. The number of fused-ring (bicyclic) bond motifs is 2. The topological polar surface area (TPSA) is 111 Å². The van der Waals surface area contributed by atoms with Crippen molar-refractivity contribution in [2.45, 2.75) is 63.3 Å². The van der Waals surface area contributed by atoms with Crippen LogP contribution in [0.25, 0.3) is 0 Å². The number of nitrogens with zero attached hydrogens (tertiary/aromatic N) is 1. The number of hydrogen-bond donors (Lipinski definition) is 2. The molecule has 0 aromatic heterocycles. The van der Waals surface area contributed by atoms with Gasteiger partial charge in [0.1, 0.15) is 11.6 Å². The van der Waals surface area contributed by atoms with E-state index < -0.39 is 27.8 Å². The maximum absolute atomic E-state index is 14.3. The van der Waals surface area contributed by atoms with Crippen LogP contribution in [0, 0.1) is 18.7 Å². The fraction of sp³-hybridized carbons (Fsp3) is 0.424. The van der Waals surface area contributed by atoms with Crippen LogP contribution in [0.5, 0.6) is 5.75 Å². The highest BCUT2D eigenvalue weighted by Crippen LogP contribution is 2.47. The summed E-state index contributed by atoms with van der Waals surface area (Å²) in [6.45, 7) is 6.39. The Morgan fingerprint density at radius 3 is 2.67 bits per heavy atom. The van der Waals surface area contributed by atoms with Crippen molar-refractivity contribution < 1.29 is 27.1 Å². The van der Waals surface area contributed by atoms with Crippen LogP contribution >= 0.6 is 0 Å². The molecule has 8 nitrogen and oxygen atoms in total. The first-order chi connectivity index (χ1) is 20.5. The van der Waals surface area contributed by atoms with E-state index >= 15 is 0 Å². The van der Waals surface area contributed by atoms with Crippen molar-refractivity contribution in [1.29, 1.82) is 0 Å². The lowest BCUT2D eigenvalue weighted by Gasteiger charge is -2.30. The zero-order chi connectivity index (χ0) is 31.1. The maximum atomic E-state index is 14.3. The van der Waals surface area contributed by atoms with E-state index in [1.54, 1.807) is 31.5 Å². The molecule has 0 saturated heterocycles. The predicted octanol–water partition coefficient (Wildman–Crippen LogP) is 5.72. The quantitative estimate of drug-likeness (QED) is 0.248. The van der Waals surface area contributed by atoms with Crippen molar-refractivity contribution >= 4 is 27.4 Å². The lowest BCUT2D eigenvalue weighted by molar-refractivity contribution is -0.143. The van der Waals surface area contributed by atoms with Gasteiger partial charge in [0.05, 0.1) is 42.4 Å². The average Bonchev–Trinajstić information content (AvgIpc) is 3.37. The first-order valence-electron chi connectivity index (χ1n) is 14.7. The molecule has 3 atom stereocenters. The lowest BCUT2D eigenvalue weighted by atomic mass is 9.83. The van der Waals surface area contributed by atoms with E-state index in [1.807, 2.05) is 38.1 Å². The van der Waals surface area contributed by atoms with E-state index in [9.17, 15) is 17.6 Å². The number of rotatable bonds is 8. The third-order valence-corrected chi connectivity index (χ3v) is 10.7. The second-order valence-electron chi connectivity index (χ2n) is 11.6. The van der Waals surface area contributed by atoms with E-state index in [0.29, 0.717) is 48.5 Å². The van der Waals surface area contributed by atoms with Gasteiger partial charge in [0.15, 0.2) is 0 Å².